The molecule has 20 heavy (non-hydrogen) atoms. The van der Waals surface area contributed by atoms with Gasteiger partial charge >= 0.3 is 5.97 Å². The van der Waals surface area contributed by atoms with E-state index in [1.54, 1.807) is 24.4 Å². The summed E-state index contributed by atoms with van der Waals surface area (Å²) in [5.41, 5.74) is 0.968. The summed E-state index contributed by atoms with van der Waals surface area (Å²) in [7, 11) is -3.58. The molecule has 106 valence electrons. The second kappa shape index (κ2) is 5.87. The molecular formula is C13H14N2O4S. The third-order valence-electron chi connectivity index (χ3n) is 2.70. The number of carboxylic acid groups (broad SMARTS) is 1. The van der Waals surface area contributed by atoms with Gasteiger partial charge in [-0.15, -0.1) is 0 Å². The Bertz CT molecular complexity index is 723. The van der Waals surface area contributed by atoms with E-state index in [-0.39, 0.29) is 18.6 Å². The van der Waals surface area contributed by atoms with E-state index < -0.39 is 16.0 Å². The molecule has 2 N–H and O–H groups in total. The fourth-order valence-corrected chi connectivity index (χ4v) is 2.94. The van der Waals surface area contributed by atoms with Gasteiger partial charge in [-0.2, -0.15) is 0 Å². The third-order valence-corrected chi connectivity index (χ3v) is 4.06. The molecule has 1 heterocycles. The quantitative estimate of drug-likeness (QED) is 0.847. The number of carboxylic acids is 1. The van der Waals surface area contributed by atoms with E-state index in [9.17, 15) is 13.2 Å². The van der Waals surface area contributed by atoms with Gasteiger partial charge in [0.05, 0.1) is 17.0 Å². The second-order valence-corrected chi connectivity index (χ2v) is 6.14. The number of nitrogens with one attached hydrogen (secondary N) is 1. The summed E-state index contributed by atoms with van der Waals surface area (Å²) in [6, 6.07) is 8.81. The number of nitrogens with zero attached hydrogens (tertiary/aromatic N) is 1. The van der Waals surface area contributed by atoms with Crippen molar-refractivity contribution in [3.63, 3.8) is 0 Å². The minimum Gasteiger partial charge on any atom is -0.481 e. The van der Waals surface area contributed by atoms with Crippen molar-refractivity contribution in [1.82, 2.24) is 4.98 Å². The maximum Gasteiger partial charge on any atom is 0.303 e. The molecule has 0 spiro atoms. The van der Waals surface area contributed by atoms with E-state index in [2.05, 4.69) is 9.71 Å². The zero-order chi connectivity index (χ0) is 14.6. The summed E-state index contributed by atoms with van der Waals surface area (Å²) in [6.07, 6.45) is 1.49. The van der Waals surface area contributed by atoms with E-state index in [4.69, 9.17) is 5.11 Å². The van der Waals surface area contributed by atoms with Gasteiger partial charge in [0, 0.05) is 18.0 Å². The summed E-state index contributed by atoms with van der Waals surface area (Å²) in [5.74, 6) is -1.24. The second-order valence-electron chi connectivity index (χ2n) is 4.30. The zero-order valence-corrected chi connectivity index (χ0v) is 11.4. The Labute approximate surface area is 116 Å². The molecule has 7 heteroatoms. The molecule has 6 nitrogen and oxygen atoms in total. The van der Waals surface area contributed by atoms with Gasteiger partial charge in [-0.1, -0.05) is 18.2 Å². The monoisotopic (exact) mass is 294 g/mol. The van der Waals surface area contributed by atoms with Crippen LogP contribution in [0.25, 0.3) is 10.9 Å². The molecule has 2 aromatic rings. The van der Waals surface area contributed by atoms with Gasteiger partial charge in [-0.05, 0) is 18.6 Å². The Morgan fingerprint density at radius 2 is 2.00 bits per heavy atom. The predicted molar refractivity (Wildman–Crippen MR) is 76.0 cm³/mol. The van der Waals surface area contributed by atoms with Crippen molar-refractivity contribution in [1.29, 1.82) is 0 Å². The highest BCUT2D eigenvalue weighted by Crippen LogP contribution is 2.21. The lowest BCUT2D eigenvalue weighted by Crippen LogP contribution is -2.17. The van der Waals surface area contributed by atoms with Crippen LogP contribution in [0.1, 0.15) is 12.8 Å². The molecule has 0 saturated heterocycles. The van der Waals surface area contributed by atoms with Crippen LogP contribution in [0, 0.1) is 0 Å². The van der Waals surface area contributed by atoms with Gasteiger partial charge in [0.25, 0.3) is 0 Å². The largest absolute Gasteiger partial charge is 0.481 e. The smallest absolute Gasteiger partial charge is 0.303 e. The van der Waals surface area contributed by atoms with E-state index >= 15 is 0 Å². The van der Waals surface area contributed by atoms with Gasteiger partial charge in [-0.25, -0.2) is 8.42 Å². The fraction of sp³-hybridized carbons (Fsp3) is 0.231. The van der Waals surface area contributed by atoms with Gasteiger partial charge in [0.1, 0.15) is 0 Å². The highest BCUT2D eigenvalue weighted by Gasteiger charge is 2.13. The standard InChI is InChI=1S/C13H14N2O4S/c16-12(17)7-3-9-20(18,19)15-11-6-1-4-10-5-2-8-14-13(10)11/h1-2,4-6,8,15H,3,7,9H2,(H,16,17). The van der Waals surface area contributed by atoms with Crippen molar-refractivity contribution in [2.24, 2.45) is 0 Å². The first kappa shape index (κ1) is 14.3. The number of rotatable bonds is 6. The summed E-state index contributed by atoms with van der Waals surface area (Å²) in [5, 5.41) is 9.35. The summed E-state index contributed by atoms with van der Waals surface area (Å²) < 4.78 is 26.2. The molecule has 0 amide bonds. The van der Waals surface area contributed by atoms with Crippen LogP contribution < -0.4 is 4.72 Å². The number of pyridine rings is 1. The maximum atomic E-state index is 11.9. The number of aliphatic carboxylic acids is 1. The first-order chi connectivity index (χ1) is 9.48. The predicted octanol–water partition coefficient (Wildman–Crippen LogP) is 1.84. The Morgan fingerprint density at radius 3 is 2.75 bits per heavy atom. The molecule has 0 atom stereocenters. The minimum absolute atomic E-state index is 0.0723. The molecule has 0 fully saturated rings. The van der Waals surface area contributed by atoms with Crippen LogP contribution >= 0.6 is 0 Å². The van der Waals surface area contributed by atoms with Gasteiger partial charge in [0.15, 0.2) is 0 Å². The lowest BCUT2D eigenvalue weighted by atomic mass is 10.2. The maximum absolute atomic E-state index is 11.9. The molecule has 0 radical (unpaired) electrons. The molecule has 2 rings (SSSR count). The van der Waals surface area contributed by atoms with Gasteiger partial charge < -0.3 is 5.11 Å². The average Bonchev–Trinajstić information content (AvgIpc) is 2.38. The van der Waals surface area contributed by atoms with Gasteiger partial charge in [-0.3, -0.25) is 14.5 Å². The normalized spacial score (nSPS) is 11.4. The van der Waals surface area contributed by atoms with E-state index in [0.29, 0.717) is 11.2 Å². The van der Waals surface area contributed by atoms with Gasteiger partial charge in [0.2, 0.25) is 10.0 Å². The summed E-state index contributed by atoms with van der Waals surface area (Å²) >= 11 is 0. The number of benzene rings is 1. The van der Waals surface area contributed by atoms with Crippen molar-refractivity contribution in [2.45, 2.75) is 12.8 Å². The lowest BCUT2D eigenvalue weighted by molar-refractivity contribution is -0.137. The molecule has 0 aliphatic heterocycles. The molecule has 0 saturated carbocycles. The van der Waals surface area contributed by atoms with E-state index in [0.717, 1.165) is 5.39 Å². The fourth-order valence-electron chi connectivity index (χ4n) is 1.82. The first-order valence-corrected chi connectivity index (χ1v) is 7.69. The first-order valence-electron chi connectivity index (χ1n) is 6.04. The number of fused-ring (bicyclic) bond motifs is 1. The number of para-hydroxylation sites is 1. The Kier molecular flexibility index (Phi) is 4.19. The Hall–Kier alpha value is -2.15. The van der Waals surface area contributed by atoms with Crippen molar-refractivity contribution in [3.8, 4) is 0 Å². The highest BCUT2D eigenvalue weighted by molar-refractivity contribution is 7.92. The van der Waals surface area contributed by atoms with E-state index in [1.807, 2.05) is 12.1 Å². The SMILES string of the molecule is O=C(O)CCCS(=O)(=O)Nc1cccc2cccnc12. The van der Waals surface area contributed by atoms with Crippen molar-refractivity contribution in [3.05, 3.63) is 36.5 Å². The number of anilines is 1. The van der Waals surface area contributed by atoms with Crippen LogP contribution in [0.3, 0.4) is 0 Å². The molecule has 1 aromatic heterocycles. The molecular weight excluding hydrogens is 280 g/mol. The number of aromatic nitrogens is 1. The molecule has 1 aromatic carbocycles. The van der Waals surface area contributed by atoms with Crippen molar-refractivity contribution in [2.75, 3.05) is 10.5 Å². The summed E-state index contributed by atoms with van der Waals surface area (Å²) in [4.78, 5) is 14.5. The molecule has 0 bridgehead atoms. The molecule has 0 unspecified atom stereocenters. The average molecular weight is 294 g/mol. The van der Waals surface area contributed by atoms with Crippen LogP contribution in [0.5, 0.6) is 0 Å². The minimum atomic E-state index is -3.58. The van der Waals surface area contributed by atoms with Crippen LogP contribution in [0.15, 0.2) is 36.5 Å². The number of hydrogen-bond acceptors (Lipinski definition) is 4. The Balaban J connectivity index is 2.17. The van der Waals surface area contributed by atoms with Crippen molar-refractivity contribution < 1.29 is 18.3 Å². The van der Waals surface area contributed by atoms with E-state index in [1.165, 1.54) is 0 Å². The Morgan fingerprint density at radius 1 is 1.25 bits per heavy atom. The van der Waals surface area contributed by atoms with Crippen LogP contribution in [-0.4, -0.2) is 30.2 Å². The van der Waals surface area contributed by atoms with Crippen molar-refractivity contribution >= 4 is 32.6 Å². The number of sulfonamides is 1. The number of carbonyl (C=O) groups is 1. The molecule has 0 aliphatic rings. The lowest BCUT2D eigenvalue weighted by Gasteiger charge is -2.09. The zero-order valence-electron chi connectivity index (χ0n) is 10.6. The molecule has 0 aliphatic carbocycles. The van der Waals surface area contributed by atoms with Crippen LogP contribution in [-0.2, 0) is 14.8 Å². The number of hydrogen-bond donors (Lipinski definition) is 2. The summed E-state index contributed by atoms with van der Waals surface area (Å²) in [6.45, 7) is 0. The topological polar surface area (TPSA) is 96.4 Å². The third kappa shape index (κ3) is 3.67. The van der Waals surface area contributed by atoms with Crippen LogP contribution in [0.2, 0.25) is 0 Å². The highest BCUT2D eigenvalue weighted by atomic mass is 32.2. The van der Waals surface area contributed by atoms with Crippen LogP contribution in [0.4, 0.5) is 5.69 Å².